The maximum atomic E-state index is 12.9. The van der Waals surface area contributed by atoms with E-state index >= 15 is 0 Å². The molecule has 3 nitrogen and oxygen atoms in total. The van der Waals surface area contributed by atoms with E-state index in [2.05, 4.69) is 6.07 Å². The topological polar surface area (TPSA) is 45.3 Å². The van der Waals surface area contributed by atoms with Gasteiger partial charge >= 0.3 is 0 Å². The minimum Gasteiger partial charge on any atom is -1.00 e. The van der Waals surface area contributed by atoms with Crippen molar-refractivity contribution in [3.8, 4) is 6.07 Å². The van der Waals surface area contributed by atoms with Crippen LogP contribution in [0.5, 0.6) is 0 Å². The average molecular weight is 399 g/mol. The van der Waals surface area contributed by atoms with Gasteiger partial charge in [0.05, 0.1) is 31.3 Å². The molecule has 1 aliphatic rings. The lowest BCUT2D eigenvalue weighted by atomic mass is 9.94. The number of allylic oxidation sites excluding steroid dienone is 1. The van der Waals surface area contributed by atoms with Crippen LogP contribution in [-0.2, 0) is 0 Å². The minimum atomic E-state index is -0.319. The molecular formula is C23H24ClFN2O. The summed E-state index contributed by atoms with van der Waals surface area (Å²) in [7, 11) is 0. The van der Waals surface area contributed by atoms with Gasteiger partial charge in [-0.05, 0) is 35.4 Å². The zero-order chi connectivity index (χ0) is 19.1. The van der Waals surface area contributed by atoms with Gasteiger partial charge in [-0.1, -0.05) is 30.3 Å². The van der Waals surface area contributed by atoms with Crippen molar-refractivity contribution in [3.63, 3.8) is 0 Å². The maximum absolute atomic E-state index is 12.9. The third-order valence-corrected chi connectivity index (χ3v) is 5.19. The van der Waals surface area contributed by atoms with Gasteiger partial charge in [-0.15, -0.1) is 0 Å². The molecule has 0 spiro atoms. The Labute approximate surface area is 171 Å². The van der Waals surface area contributed by atoms with Gasteiger partial charge in [0.15, 0.2) is 5.78 Å². The molecule has 3 rings (SSSR count). The Morgan fingerprint density at radius 3 is 2.25 bits per heavy atom. The highest BCUT2D eigenvalue weighted by Crippen LogP contribution is 2.23. The number of nitrogens with zero attached hydrogens (tertiary/aromatic N) is 1. The largest absolute Gasteiger partial charge is 1.00 e. The smallest absolute Gasteiger partial charge is 0.163 e. The van der Waals surface area contributed by atoms with Crippen LogP contribution in [-0.4, -0.2) is 25.4 Å². The molecule has 0 amide bonds. The van der Waals surface area contributed by atoms with Crippen LogP contribution in [0, 0.1) is 17.1 Å². The van der Waals surface area contributed by atoms with Gasteiger partial charge in [-0.3, -0.25) is 4.79 Å². The van der Waals surface area contributed by atoms with Crippen molar-refractivity contribution >= 4 is 11.4 Å². The standard InChI is InChI=1S/C23H23FN2O.ClH/c24-21-10-8-20(9-11-21)23(27)7-4-14-26-15-12-19(13-16-26)22(17-25)18-5-2-1-3-6-18;/h1-3,5-6,8-11H,4,7,12-16H2;1H. The predicted octanol–water partition coefficient (Wildman–Crippen LogP) is 0.449. The summed E-state index contributed by atoms with van der Waals surface area (Å²) < 4.78 is 12.9. The number of hydrogen-bond acceptors (Lipinski definition) is 2. The lowest BCUT2D eigenvalue weighted by Crippen LogP contribution is -3.12. The normalized spacial score (nSPS) is 16.0. The molecule has 2 aromatic carbocycles. The summed E-state index contributed by atoms with van der Waals surface area (Å²) in [5.74, 6) is -0.247. The van der Waals surface area contributed by atoms with E-state index in [1.807, 2.05) is 30.3 Å². The third kappa shape index (κ3) is 5.76. The van der Waals surface area contributed by atoms with Crippen molar-refractivity contribution in [2.75, 3.05) is 19.6 Å². The molecule has 1 heterocycles. The van der Waals surface area contributed by atoms with Gasteiger partial charge in [0.1, 0.15) is 5.82 Å². The zero-order valence-corrected chi connectivity index (χ0v) is 16.5. The van der Waals surface area contributed by atoms with E-state index in [1.54, 1.807) is 12.1 Å². The first kappa shape index (κ1) is 21.8. The minimum absolute atomic E-state index is 0. The Morgan fingerprint density at radius 1 is 1.00 bits per heavy atom. The number of ketones is 1. The highest BCUT2D eigenvalue weighted by atomic mass is 35.5. The summed E-state index contributed by atoms with van der Waals surface area (Å²) in [6.45, 7) is 2.95. The molecule has 0 aliphatic carbocycles. The number of benzene rings is 2. The highest BCUT2D eigenvalue weighted by Gasteiger charge is 2.20. The Morgan fingerprint density at radius 2 is 1.64 bits per heavy atom. The fourth-order valence-corrected chi connectivity index (χ4v) is 3.64. The molecule has 0 atom stereocenters. The van der Waals surface area contributed by atoms with Gasteiger partial charge < -0.3 is 17.3 Å². The molecule has 2 aromatic rings. The van der Waals surface area contributed by atoms with Crippen molar-refractivity contribution in [1.82, 2.24) is 0 Å². The number of carbonyl (C=O) groups excluding carboxylic acids is 1. The molecule has 0 unspecified atom stereocenters. The monoisotopic (exact) mass is 398 g/mol. The third-order valence-electron chi connectivity index (χ3n) is 5.19. The van der Waals surface area contributed by atoms with Crippen LogP contribution in [0.1, 0.15) is 41.6 Å². The van der Waals surface area contributed by atoms with Crippen LogP contribution in [0.25, 0.3) is 5.57 Å². The molecule has 1 fully saturated rings. The van der Waals surface area contributed by atoms with Crippen LogP contribution in [0.15, 0.2) is 60.2 Å². The molecule has 1 N–H and O–H groups in total. The molecule has 5 heteroatoms. The summed E-state index contributed by atoms with van der Waals surface area (Å²) in [4.78, 5) is 13.6. The summed E-state index contributed by atoms with van der Waals surface area (Å²) in [6.07, 6.45) is 3.18. The number of nitriles is 1. The number of piperidine rings is 1. The molecule has 0 aromatic heterocycles. The van der Waals surface area contributed by atoms with Gasteiger partial charge in [0, 0.05) is 31.2 Å². The van der Waals surface area contributed by atoms with Gasteiger partial charge in [0.25, 0.3) is 0 Å². The lowest BCUT2D eigenvalue weighted by molar-refractivity contribution is -0.902. The fraction of sp³-hybridized carbons (Fsp3) is 0.304. The van der Waals surface area contributed by atoms with E-state index in [0.717, 1.165) is 50.0 Å². The van der Waals surface area contributed by atoms with E-state index in [4.69, 9.17) is 0 Å². The second kappa shape index (κ2) is 10.8. The van der Waals surface area contributed by atoms with Crippen molar-refractivity contribution in [1.29, 1.82) is 5.26 Å². The van der Waals surface area contributed by atoms with Gasteiger partial charge in [-0.25, -0.2) is 4.39 Å². The number of carbonyl (C=O) groups is 1. The number of rotatable bonds is 6. The fourth-order valence-electron chi connectivity index (χ4n) is 3.64. The van der Waals surface area contributed by atoms with Crippen molar-refractivity contribution in [2.24, 2.45) is 0 Å². The molecule has 0 radical (unpaired) electrons. The summed E-state index contributed by atoms with van der Waals surface area (Å²) in [5, 5.41) is 9.55. The zero-order valence-electron chi connectivity index (χ0n) is 15.8. The Balaban J connectivity index is 0.00000280. The van der Waals surface area contributed by atoms with Crippen molar-refractivity contribution in [2.45, 2.75) is 25.7 Å². The molecule has 146 valence electrons. The summed E-state index contributed by atoms with van der Waals surface area (Å²) in [5.41, 5.74) is 3.65. The molecule has 0 bridgehead atoms. The maximum Gasteiger partial charge on any atom is 0.163 e. The van der Waals surface area contributed by atoms with Crippen LogP contribution in [0.4, 0.5) is 4.39 Å². The van der Waals surface area contributed by atoms with Gasteiger partial charge in [0.2, 0.25) is 0 Å². The Kier molecular flexibility index (Phi) is 8.38. The summed E-state index contributed by atoms with van der Waals surface area (Å²) >= 11 is 0. The first-order chi connectivity index (χ1) is 13.2. The number of hydrogen-bond donors (Lipinski definition) is 1. The van der Waals surface area contributed by atoms with E-state index in [9.17, 15) is 14.4 Å². The number of quaternary nitrogens is 1. The van der Waals surface area contributed by atoms with E-state index in [1.165, 1.54) is 22.6 Å². The number of Topliss-reactive ketones (excluding diaryl/α,β-unsaturated/α-hetero) is 1. The van der Waals surface area contributed by atoms with Gasteiger partial charge in [-0.2, -0.15) is 5.26 Å². The highest BCUT2D eigenvalue weighted by molar-refractivity contribution is 5.95. The second-order valence-corrected chi connectivity index (χ2v) is 6.99. The molecular weight excluding hydrogens is 375 g/mol. The van der Waals surface area contributed by atoms with Crippen molar-refractivity contribution in [3.05, 3.63) is 77.1 Å². The van der Waals surface area contributed by atoms with Crippen LogP contribution in [0.2, 0.25) is 0 Å². The van der Waals surface area contributed by atoms with Crippen LogP contribution in [0.3, 0.4) is 0 Å². The predicted molar refractivity (Wildman–Crippen MR) is 104 cm³/mol. The number of halogens is 2. The first-order valence-corrected chi connectivity index (χ1v) is 9.47. The van der Waals surface area contributed by atoms with Crippen LogP contribution >= 0.6 is 0 Å². The van der Waals surface area contributed by atoms with Crippen LogP contribution < -0.4 is 17.3 Å². The number of likely N-dealkylation sites (tertiary alicyclic amines) is 1. The molecule has 0 saturated carbocycles. The molecule has 1 saturated heterocycles. The summed E-state index contributed by atoms with van der Waals surface area (Å²) in [6, 6.07) is 18.0. The van der Waals surface area contributed by atoms with E-state index in [-0.39, 0.29) is 24.0 Å². The second-order valence-electron chi connectivity index (χ2n) is 6.99. The van der Waals surface area contributed by atoms with E-state index < -0.39 is 0 Å². The average Bonchev–Trinajstić information content (AvgIpc) is 2.71. The van der Waals surface area contributed by atoms with Crippen molar-refractivity contribution < 1.29 is 26.5 Å². The lowest BCUT2D eigenvalue weighted by Gasteiger charge is -2.26. The first-order valence-electron chi connectivity index (χ1n) is 9.47. The Hall–Kier alpha value is -2.48. The SMILES string of the molecule is N#CC(=C1CC[NH+](CCCC(=O)c2ccc(F)cc2)CC1)c1ccccc1.[Cl-]. The number of nitrogens with one attached hydrogen (secondary N) is 1. The van der Waals surface area contributed by atoms with E-state index in [0.29, 0.717) is 12.0 Å². The molecule has 28 heavy (non-hydrogen) atoms. The molecule has 1 aliphatic heterocycles. The Bertz CT molecular complexity index is 846. The quantitative estimate of drug-likeness (QED) is 0.567.